The molecule has 2 amide bonds. The van der Waals surface area contributed by atoms with Gasteiger partial charge in [-0.2, -0.15) is 9.97 Å². The van der Waals surface area contributed by atoms with Gasteiger partial charge in [0, 0.05) is 6.04 Å². The van der Waals surface area contributed by atoms with E-state index in [1.165, 1.54) is 31.9 Å². The van der Waals surface area contributed by atoms with Crippen LogP contribution in [0.3, 0.4) is 0 Å². The first-order valence-corrected chi connectivity index (χ1v) is 5.79. The molecule has 0 unspecified atom stereocenters. The fourth-order valence-electron chi connectivity index (χ4n) is 1.88. The standard InChI is InChI=1S/C10H16N6O/c17-10(14-8-4-2-1-3-5-8)16-15-9-12-6-11-7-13-9/h6-8H,1-5H2,(H2,14,16,17)(H,11,12,13,15). The van der Waals surface area contributed by atoms with Gasteiger partial charge in [-0.3, -0.25) is 5.43 Å². The van der Waals surface area contributed by atoms with Crippen LogP contribution in [0.5, 0.6) is 0 Å². The molecule has 1 saturated carbocycles. The number of hydrogen-bond acceptors (Lipinski definition) is 5. The van der Waals surface area contributed by atoms with E-state index < -0.39 is 0 Å². The van der Waals surface area contributed by atoms with E-state index in [1.807, 2.05) is 0 Å². The van der Waals surface area contributed by atoms with E-state index in [0.29, 0.717) is 5.95 Å². The zero-order valence-corrected chi connectivity index (χ0v) is 9.52. The fraction of sp³-hybridized carbons (Fsp3) is 0.600. The second-order valence-electron chi connectivity index (χ2n) is 4.02. The lowest BCUT2D eigenvalue weighted by Crippen LogP contribution is -2.45. The Hall–Kier alpha value is -1.92. The van der Waals surface area contributed by atoms with Gasteiger partial charge in [0.15, 0.2) is 0 Å². The summed E-state index contributed by atoms with van der Waals surface area (Å²) in [5, 5.41) is 2.91. The highest BCUT2D eigenvalue weighted by atomic mass is 16.2. The summed E-state index contributed by atoms with van der Waals surface area (Å²) >= 11 is 0. The van der Waals surface area contributed by atoms with E-state index in [4.69, 9.17) is 0 Å². The van der Waals surface area contributed by atoms with Crippen LogP contribution in [0.15, 0.2) is 12.7 Å². The molecule has 0 atom stereocenters. The molecule has 1 aliphatic carbocycles. The molecule has 3 N–H and O–H groups in total. The Morgan fingerprint density at radius 3 is 2.59 bits per heavy atom. The van der Waals surface area contributed by atoms with Crippen molar-refractivity contribution < 1.29 is 4.79 Å². The minimum atomic E-state index is -0.252. The van der Waals surface area contributed by atoms with E-state index in [0.717, 1.165) is 12.8 Å². The molecule has 1 heterocycles. The van der Waals surface area contributed by atoms with Crippen LogP contribution < -0.4 is 16.2 Å². The highest BCUT2D eigenvalue weighted by molar-refractivity contribution is 5.75. The number of nitrogens with zero attached hydrogens (tertiary/aromatic N) is 3. The van der Waals surface area contributed by atoms with Gasteiger partial charge in [0.1, 0.15) is 12.7 Å². The Bertz CT molecular complexity index is 351. The van der Waals surface area contributed by atoms with Crippen molar-refractivity contribution in [2.24, 2.45) is 0 Å². The maximum Gasteiger partial charge on any atom is 0.333 e. The van der Waals surface area contributed by atoms with Crippen LogP contribution in [-0.2, 0) is 0 Å². The molecule has 1 aliphatic rings. The van der Waals surface area contributed by atoms with Crippen molar-refractivity contribution in [2.75, 3.05) is 5.43 Å². The number of hydrogen-bond donors (Lipinski definition) is 3. The lowest BCUT2D eigenvalue weighted by Gasteiger charge is -2.22. The van der Waals surface area contributed by atoms with Gasteiger partial charge in [0.05, 0.1) is 0 Å². The average Bonchev–Trinajstić information content (AvgIpc) is 2.39. The van der Waals surface area contributed by atoms with Crippen LogP contribution in [0.2, 0.25) is 0 Å². The summed E-state index contributed by atoms with van der Waals surface area (Å²) in [5.74, 6) is 0.318. The zero-order valence-electron chi connectivity index (χ0n) is 9.52. The maximum absolute atomic E-state index is 11.5. The summed E-state index contributed by atoms with van der Waals surface area (Å²) < 4.78 is 0. The average molecular weight is 236 g/mol. The lowest BCUT2D eigenvalue weighted by molar-refractivity contribution is 0.234. The van der Waals surface area contributed by atoms with E-state index >= 15 is 0 Å². The smallest absolute Gasteiger partial charge is 0.333 e. The molecule has 17 heavy (non-hydrogen) atoms. The lowest BCUT2D eigenvalue weighted by atomic mass is 9.96. The molecule has 7 heteroatoms. The van der Waals surface area contributed by atoms with E-state index in [1.54, 1.807) is 0 Å². The number of rotatable bonds is 3. The monoisotopic (exact) mass is 236 g/mol. The Morgan fingerprint density at radius 1 is 1.18 bits per heavy atom. The third kappa shape index (κ3) is 3.86. The third-order valence-corrected chi connectivity index (χ3v) is 2.72. The number of amides is 2. The second kappa shape index (κ2) is 5.97. The Balaban J connectivity index is 1.70. The second-order valence-corrected chi connectivity index (χ2v) is 4.02. The van der Waals surface area contributed by atoms with Crippen LogP contribution >= 0.6 is 0 Å². The van der Waals surface area contributed by atoms with Gasteiger partial charge in [-0.15, -0.1) is 0 Å². The number of anilines is 1. The quantitative estimate of drug-likeness (QED) is 0.676. The van der Waals surface area contributed by atoms with E-state index in [9.17, 15) is 4.79 Å². The van der Waals surface area contributed by atoms with Crippen LogP contribution in [0.4, 0.5) is 10.7 Å². The van der Waals surface area contributed by atoms with Gasteiger partial charge in [-0.05, 0) is 12.8 Å². The first-order chi connectivity index (χ1) is 8.34. The molecule has 0 radical (unpaired) electrons. The minimum Gasteiger partial charge on any atom is -0.334 e. The van der Waals surface area contributed by atoms with Gasteiger partial charge < -0.3 is 5.32 Å². The Morgan fingerprint density at radius 2 is 1.88 bits per heavy atom. The first kappa shape index (κ1) is 11.6. The fourth-order valence-corrected chi connectivity index (χ4v) is 1.88. The summed E-state index contributed by atoms with van der Waals surface area (Å²) in [6.07, 6.45) is 8.46. The van der Waals surface area contributed by atoms with Gasteiger partial charge in [0.2, 0.25) is 5.95 Å². The summed E-state index contributed by atoms with van der Waals surface area (Å²) in [4.78, 5) is 22.8. The van der Waals surface area contributed by atoms with Crippen LogP contribution in [0.25, 0.3) is 0 Å². The number of urea groups is 1. The topological polar surface area (TPSA) is 91.8 Å². The highest BCUT2D eigenvalue weighted by Gasteiger charge is 2.15. The molecule has 0 saturated heterocycles. The Kier molecular flexibility index (Phi) is 4.06. The highest BCUT2D eigenvalue weighted by Crippen LogP contribution is 2.16. The van der Waals surface area contributed by atoms with Crippen LogP contribution in [-0.4, -0.2) is 27.0 Å². The van der Waals surface area contributed by atoms with Crippen LogP contribution in [0.1, 0.15) is 32.1 Å². The van der Waals surface area contributed by atoms with Crippen molar-refractivity contribution in [3.05, 3.63) is 12.7 Å². The number of carbonyl (C=O) groups excluding carboxylic acids is 1. The van der Waals surface area contributed by atoms with Crippen molar-refractivity contribution in [1.82, 2.24) is 25.7 Å². The Labute approximate surface area is 99.4 Å². The zero-order chi connectivity index (χ0) is 11.9. The number of carbonyl (C=O) groups is 1. The van der Waals surface area contributed by atoms with E-state index in [-0.39, 0.29) is 12.1 Å². The molecule has 0 spiro atoms. The van der Waals surface area contributed by atoms with Crippen molar-refractivity contribution in [1.29, 1.82) is 0 Å². The minimum absolute atomic E-state index is 0.252. The van der Waals surface area contributed by atoms with Gasteiger partial charge in [0.25, 0.3) is 0 Å². The van der Waals surface area contributed by atoms with Crippen molar-refractivity contribution in [3.63, 3.8) is 0 Å². The molecule has 0 bridgehead atoms. The van der Waals surface area contributed by atoms with E-state index in [2.05, 4.69) is 31.1 Å². The molecular formula is C10H16N6O. The predicted molar refractivity (Wildman–Crippen MR) is 62.0 cm³/mol. The first-order valence-electron chi connectivity index (χ1n) is 5.79. The molecule has 1 aromatic rings. The number of hydrazine groups is 1. The van der Waals surface area contributed by atoms with Gasteiger partial charge >= 0.3 is 6.03 Å². The molecule has 0 aromatic carbocycles. The largest absolute Gasteiger partial charge is 0.334 e. The molecule has 7 nitrogen and oxygen atoms in total. The predicted octanol–water partition coefficient (Wildman–Crippen LogP) is 0.830. The molecule has 0 aliphatic heterocycles. The van der Waals surface area contributed by atoms with Gasteiger partial charge in [-0.25, -0.2) is 15.2 Å². The number of nitrogens with one attached hydrogen (secondary N) is 3. The van der Waals surface area contributed by atoms with Gasteiger partial charge in [-0.1, -0.05) is 19.3 Å². The van der Waals surface area contributed by atoms with Crippen LogP contribution in [0, 0.1) is 0 Å². The third-order valence-electron chi connectivity index (χ3n) is 2.72. The number of aromatic nitrogens is 3. The van der Waals surface area contributed by atoms with Crippen molar-refractivity contribution in [3.8, 4) is 0 Å². The summed E-state index contributed by atoms with van der Waals surface area (Å²) in [7, 11) is 0. The molecule has 1 fully saturated rings. The molecule has 92 valence electrons. The maximum atomic E-state index is 11.5. The van der Waals surface area contributed by atoms with Crippen molar-refractivity contribution >= 4 is 12.0 Å². The summed E-state index contributed by atoms with van der Waals surface area (Å²) in [6.45, 7) is 0. The SMILES string of the molecule is O=C(NNc1ncncn1)NC1CCCCC1. The molecular weight excluding hydrogens is 220 g/mol. The summed E-state index contributed by atoms with van der Waals surface area (Å²) in [5.41, 5.74) is 5.10. The molecule has 1 aromatic heterocycles. The van der Waals surface area contributed by atoms with Crippen molar-refractivity contribution in [2.45, 2.75) is 38.1 Å². The normalized spacial score (nSPS) is 16.2. The summed E-state index contributed by atoms with van der Waals surface area (Å²) in [6, 6.07) is 0.0289. The molecule has 2 rings (SSSR count).